The number of nitrogens with zero attached hydrogens (tertiary/aromatic N) is 2. The Labute approximate surface area is 86.4 Å². The van der Waals surface area contributed by atoms with Gasteiger partial charge in [0.25, 0.3) is 0 Å². The average molecular weight is 234 g/mol. The van der Waals surface area contributed by atoms with E-state index < -0.39 is 9.84 Å². The monoisotopic (exact) mass is 233 g/mol. The van der Waals surface area contributed by atoms with Crippen LogP contribution in [-0.2, 0) is 16.3 Å². The predicted molar refractivity (Wildman–Crippen MR) is 52.3 cm³/mol. The first-order chi connectivity index (χ1) is 6.54. The second-order valence-corrected chi connectivity index (χ2v) is 5.32. The first kappa shape index (κ1) is 9.67. The lowest BCUT2D eigenvalue weighted by atomic mass is 10.3. The fourth-order valence-corrected chi connectivity index (χ4v) is 3.27. The summed E-state index contributed by atoms with van der Waals surface area (Å²) in [5.74, 6) is 0.379. The molecule has 1 aliphatic heterocycles. The first-order valence-electron chi connectivity index (χ1n) is 4.01. The Morgan fingerprint density at radius 1 is 1.43 bits per heavy atom. The van der Waals surface area contributed by atoms with Crippen LogP contribution in [0.1, 0.15) is 5.69 Å². The Balaban J connectivity index is 2.76. The summed E-state index contributed by atoms with van der Waals surface area (Å²) in [6, 6.07) is 0. The van der Waals surface area contributed by atoms with E-state index in [1.807, 2.05) is 0 Å². The van der Waals surface area contributed by atoms with Crippen molar-refractivity contribution in [2.75, 3.05) is 18.1 Å². The van der Waals surface area contributed by atoms with E-state index >= 15 is 0 Å². The maximum atomic E-state index is 11.6. The van der Waals surface area contributed by atoms with Crippen LogP contribution < -0.4 is 5.32 Å². The summed E-state index contributed by atoms with van der Waals surface area (Å²) in [4.78, 5) is 7.91. The van der Waals surface area contributed by atoms with Gasteiger partial charge in [-0.05, 0) is 11.6 Å². The number of halogens is 1. The molecule has 0 unspecified atom stereocenters. The van der Waals surface area contributed by atoms with Crippen molar-refractivity contribution < 1.29 is 8.42 Å². The molecule has 76 valence electrons. The third-order valence-corrected chi connectivity index (χ3v) is 4.03. The summed E-state index contributed by atoms with van der Waals surface area (Å²) in [5.41, 5.74) is 0.509. The van der Waals surface area contributed by atoms with Crippen molar-refractivity contribution in [2.24, 2.45) is 0 Å². The molecule has 7 heteroatoms. The van der Waals surface area contributed by atoms with Crippen molar-refractivity contribution in [1.29, 1.82) is 0 Å². The highest BCUT2D eigenvalue weighted by Gasteiger charge is 2.31. The van der Waals surface area contributed by atoms with Crippen LogP contribution in [0.15, 0.2) is 4.90 Å². The van der Waals surface area contributed by atoms with Gasteiger partial charge in [0.1, 0.15) is 10.7 Å². The number of fused-ring (bicyclic) bond motifs is 1. The van der Waals surface area contributed by atoms with Crippen molar-refractivity contribution in [1.82, 2.24) is 9.97 Å². The minimum atomic E-state index is -3.21. The van der Waals surface area contributed by atoms with Crippen molar-refractivity contribution in [3.05, 3.63) is 11.0 Å². The van der Waals surface area contributed by atoms with Gasteiger partial charge in [-0.15, -0.1) is 0 Å². The third kappa shape index (κ3) is 1.34. The minimum Gasteiger partial charge on any atom is -0.372 e. The second kappa shape index (κ2) is 3.06. The molecule has 5 nitrogen and oxygen atoms in total. The van der Waals surface area contributed by atoms with Crippen LogP contribution in [-0.4, -0.2) is 31.2 Å². The van der Waals surface area contributed by atoms with E-state index in [1.54, 1.807) is 7.05 Å². The molecule has 0 radical (unpaired) electrons. The van der Waals surface area contributed by atoms with Gasteiger partial charge in [0.05, 0.1) is 11.4 Å². The molecule has 1 aliphatic rings. The molecule has 0 bridgehead atoms. The van der Waals surface area contributed by atoms with Gasteiger partial charge in [-0.1, -0.05) is 0 Å². The Kier molecular flexibility index (Phi) is 2.11. The fourth-order valence-electron chi connectivity index (χ4n) is 1.47. The molecule has 0 amide bonds. The van der Waals surface area contributed by atoms with Gasteiger partial charge in [-0.2, -0.15) is 4.98 Å². The molecule has 1 aromatic rings. The van der Waals surface area contributed by atoms with Gasteiger partial charge in [0.2, 0.25) is 5.28 Å². The Morgan fingerprint density at radius 2 is 2.14 bits per heavy atom. The van der Waals surface area contributed by atoms with Crippen LogP contribution in [0.3, 0.4) is 0 Å². The summed E-state index contributed by atoms with van der Waals surface area (Å²) >= 11 is 5.64. The molecule has 1 N–H and O–H groups in total. The predicted octanol–water partition coefficient (Wildman–Crippen LogP) is 0.502. The summed E-state index contributed by atoms with van der Waals surface area (Å²) in [5, 5.41) is 2.78. The summed E-state index contributed by atoms with van der Waals surface area (Å²) in [6.07, 6.45) is 0.411. The topological polar surface area (TPSA) is 72.0 Å². The number of nitrogens with one attached hydrogen (secondary N) is 1. The molecule has 0 spiro atoms. The number of rotatable bonds is 1. The fraction of sp³-hybridized carbons (Fsp3) is 0.429. The summed E-state index contributed by atoms with van der Waals surface area (Å²) in [7, 11) is -1.61. The van der Waals surface area contributed by atoms with Gasteiger partial charge in [0.15, 0.2) is 9.84 Å². The number of aryl methyl sites for hydroxylation is 1. The Morgan fingerprint density at radius 3 is 2.79 bits per heavy atom. The lowest BCUT2D eigenvalue weighted by molar-refractivity contribution is 0.600. The number of hydrogen-bond acceptors (Lipinski definition) is 5. The molecule has 1 aromatic heterocycles. The molecule has 0 saturated carbocycles. The van der Waals surface area contributed by atoms with Gasteiger partial charge in [0, 0.05) is 13.5 Å². The summed E-state index contributed by atoms with van der Waals surface area (Å²) < 4.78 is 23.2. The number of hydrogen-bond donors (Lipinski definition) is 1. The SMILES string of the molecule is CNc1nc(Cl)nc2c1S(=O)(=O)CC2. The van der Waals surface area contributed by atoms with E-state index in [9.17, 15) is 8.42 Å². The zero-order valence-corrected chi connectivity index (χ0v) is 8.98. The first-order valence-corrected chi connectivity index (χ1v) is 6.04. The largest absolute Gasteiger partial charge is 0.372 e. The molecular formula is C7H8ClN3O2S. The highest BCUT2D eigenvalue weighted by molar-refractivity contribution is 7.91. The molecule has 2 heterocycles. The normalized spacial score (nSPS) is 17.9. The van der Waals surface area contributed by atoms with Gasteiger partial charge >= 0.3 is 0 Å². The number of anilines is 1. The maximum Gasteiger partial charge on any atom is 0.224 e. The van der Waals surface area contributed by atoms with Crippen molar-refractivity contribution in [3.8, 4) is 0 Å². The molecule has 2 rings (SSSR count). The van der Waals surface area contributed by atoms with Crippen LogP contribution in [0.5, 0.6) is 0 Å². The van der Waals surface area contributed by atoms with E-state index in [0.29, 0.717) is 12.1 Å². The average Bonchev–Trinajstić information content (AvgIpc) is 2.41. The van der Waals surface area contributed by atoms with Gasteiger partial charge in [-0.3, -0.25) is 0 Å². The van der Waals surface area contributed by atoms with Crippen LogP contribution in [0, 0.1) is 0 Å². The third-order valence-electron chi connectivity index (χ3n) is 2.06. The van der Waals surface area contributed by atoms with Crippen molar-refractivity contribution in [2.45, 2.75) is 11.3 Å². The van der Waals surface area contributed by atoms with Gasteiger partial charge in [-0.25, -0.2) is 13.4 Å². The molecule has 0 atom stereocenters. The lowest BCUT2D eigenvalue weighted by Gasteiger charge is -2.05. The van der Waals surface area contributed by atoms with Crippen LogP contribution in [0.25, 0.3) is 0 Å². The van der Waals surface area contributed by atoms with E-state index in [1.165, 1.54) is 0 Å². The zero-order valence-electron chi connectivity index (χ0n) is 7.41. The second-order valence-electron chi connectivity index (χ2n) is 2.94. The van der Waals surface area contributed by atoms with Crippen molar-refractivity contribution in [3.63, 3.8) is 0 Å². The molecule has 0 fully saturated rings. The standard InChI is InChI=1S/C7H8ClN3O2S/c1-9-6-5-4(10-7(8)11-6)2-3-14(5,12)13/h2-3H2,1H3,(H,9,10,11). The lowest BCUT2D eigenvalue weighted by Crippen LogP contribution is -2.05. The molecule has 0 aromatic carbocycles. The number of aromatic nitrogens is 2. The highest BCUT2D eigenvalue weighted by atomic mass is 35.5. The quantitative estimate of drug-likeness (QED) is 0.716. The van der Waals surface area contributed by atoms with Gasteiger partial charge < -0.3 is 5.32 Å². The smallest absolute Gasteiger partial charge is 0.224 e. The summed E-state index contributed by atoms with van der Waals surface area (Å²) in [6.45, 7) is 0. The van der Waals surface area contributed by atoms with Crippen LogP contribution >= 0.6 is 11.6 Å². The minimum absolute atomic E-state index is 0.0743. The van der Waals surface area contributed by atoms with E-state index in [2.05, 4.69) is 15.3 Å². The van der Waals surface area contributed by atoms with Crippen LogP contribution in [0.4, 0.5) is 5.82 Å². The molecule has 14 heavy (non-hydrogen) atoms. The van der Waals surface area contributed by atoms with Crippen LogP contribution in [0.2, 0.25) is 5.28 Å². The van der Waals surface area contributed by atoms with E-state index in [-0.39, 0.29) is 21.7 Å². The molecule has 0 aliphatic carbocycles. The Bertz CT molecular complexity index is 486. The maximum absolute atomic E-state index is 11.6. The highest BCUT2D eigenvalue weighted by Crippen LogP contribution is 2.30. The van der Waals surface area contributed by atoms with E-state index in [0.717, 1.165) is 0 Å². The molecular weight excluding hydrogens is 226 g/mol. The van der Waals surface area contributed by atoms with Crippen molar-refractivity contribution >= 4 is 27.3 Å². The Hall–Kier alpha value is -0.880. The zero-order chi connectivity index (χ0) is 10.3. The van der Waals surface area contributed by atoms with E-state index in [4.69, 9.17) is 11.6 Å². The number of sulfone groups is 1. The molecule has 0 saturated heterocycles.